The molecule has 0 bridgehead atoms. The van der Waals surface area contributed by atoms with Gasteiger partial charge in [0, 0.05) is 55.3 Å². The van der Waals surface area contributed by atoms with Crippen LogP contribution in [0.1, 0.15) is 75.0 Å². The molecule has 1 aromatic carbocycles. The van der Waals surface area contributed by atoms with E-state index in [2.05, 4.69) is 30.9 Å². The lowest BCUT2D eigenvalue weighted by Gasteiger charge is -2.36. The molecule has 0 aliphatic carbocycles. The van der Waals surface area contributed by atoms with Gasteiger partial charge >= 0.3 is 0 Å². The van der Waals surface area contributed by atoms with Gasteiger partial charge in [-0.2, -0.15) is 0 Å². The van der Waals surface area contributed by atoms with Gasteiger partial charge in [0.1, 0.15) is 11.6 Å². The summed E-state index contributed by atoms with van der Waals surface area (Å²) >= 11 is 6.08. The maximum atomic E-state index is 12.6. The Bertz CT molecular complexity index is 876. The van der Waals surface area contributed by atoms with Gasteiger partial charge in [-0.25, -0.2) is 9.97 Å². The lowest BCUT2D eigenvalue weighted by molar-refractivity contribution is -0.131. The summed E-state index contributed by atoms with van der Waals surface area (Å²) in [5, 5.41) is 0.746. The fourth-order valence-corrected chi connectivity index (χ4v) is 4.51. The average molecular weight is 457 g/mol. The summed E-state index contributed by atoms with van der Waals surface area (Å²) in [5.41, 5.74) is 3.50. The van der Waals surface area contributed by atoms with Crippen molar-refractivity contribution >= 4 is 23.3 Å². The summed E-state index contributed by atoms with van der Waals surface area (Å²) in [7, 11) is 0. The van der Waals surface area contributed by atoms with Crippen molar-refractivity contribution in [3.05, 3.63) is 51.9 Å². The van der Waals surface area contributed by atoms with E-state index in [0.29, 0.717) is 12.3 Å². The van der Waals surface area contributed by atoms with E-state index in [0.717, 1.165) is 74.2 Å². The Morgan fingerprint density at radius 1 is 0.969 bits per heavy atom. The standard InChI is InChI=1S/C26H37ClN4O/c1-4-6-7-8-9-10-25(32)30-15-17-31(18-16-30)26-23(24(5-2)28-20(3)29-26)19-21-11-13-22(27)14-12-21/h11-14H,4-10,15-19H2,1-3H3. The summed E-state index contributed by atoms with van der Waals surface area (Å²) in [6, 6.07) is 8.01. The molecule has 0 unspecified atom stereocenters. The van der Waals surface area contributed by atoms with Gasteiger partial charge in [0.25, 0.3) is 0 Å². The Labute approximate surface area is 198 Å². The van der Waals surface area contributed by atoms with E-state index in [1.165, 1.54) is 30.4 Å². The third-order valence-corrected chi connectivity index (χ3v) is 6.49. The molecule has 1 aliphatic rings. The highest BCUT2D eigenvalue weighted by Crippen LogP contribution is 2.26. The molecule has 1 aliphatic heterocycles. The van der Waals surface area contributed by atoms with E-state index in [4.69, 9.17) is 21.6 Å². The topological polar surface area (TPSA) is 49.3 Å². The molecule has 5 nitrogen and oxygen atoms in total. The first-order valence-corrected chi connectivity index (χ1v) is 12.5. The number of benzene rings is 1. The molecule has 2 aromatic rings. The normalized spacial score (nSPS) is 14.1. The van der Waals surface area contributed by atoms with Crippen molar-refractivity contribution in [3.63, 3.8) is 0 Å². The van der Waals surface area contributed by atoms with Crippen LogP contribution in [0.15, 0.2) is 24.3 Å². The van der Waals surface area contributed by atoms with Crippen molar-refractivity contribution in [2.75, 3.05) is 31.1 Å². The first-order chi connectivity index (χ1) is 15.5. The highest BCUT2D eigenvalue weighted by Gasteiger charge is 2.25. The molecule has 0 atom stereocenters. The summed E-state index contributed by atoms with van der Waals surface area (Å²) in [6.07, 6.45) is 8.24. The number of anilines is 1. The Morgan fingerprint density at radius 3 is 2.31 bits per heavy atom. The summed E-state index contributed by atoms with van der Waals surface area (Å²) in [4.78, 5) is 26.6. The van der Waals surface area contributed by atoms with Crippen molar-refractivity contribution in [2.45, 2.75) is 72.1 Å². The van der Waals surface area contributed by atoms with Gasteiger partial charge < -0.3 is 9.80 Å². The number of halogens is 1. The van der Waals surface area contributed by atoms with Gasteiger partial charge in [-0.3, -0.25) is 4.79 Å². The molecule has 1 fully saturated rings. The van der Waals surface area contributed by atoms with E-state index >= 15 is 0 Å². The monoisotopic (exact) mass is 456 g/mol. The second-order valence-corrected chi connectivity index (χ2v) is 9.14. The van der Waals surface area contributed by atoms with Crippen LogP contribution in [0.4, 0.5) is 5.82 Å². The quantitative estimate of drug-likeness (QED) is 0.436. The molecule has 0 radical (unpaired) electrons. The highest BCUT2D eigenvalue weighted by molar-refractivity contribution is 6.30. The molecule has 0 N–H and O–H groups in total. The number of piperazine rings is 1. The predicted molar refractivity (Wildman–Crippen MR) is 133 cm³/mol. The number of amides is 1. The number of hydrogen-bond acceptors (Lipinski definition) is 4. The van der Waals surface area contributed by atoms with Gasteiger partial charge in [0.15, 0.2) is 0 Å². The van der Waals surface area contributed by atoms with Crippen LogP contribution in [0, 0.1) is 6.92 Å². The number of unbranched alkanes of at least 4 members (excludes halogenated alkanes) is 4. The van der Waals surface area contributed by atoms with Crippen LogP contribution in [0.3, 0.4) is 0 Å². The molecule has 1 amide bonds. The second kappa shape index (κ2) is 12.2. The molecule has 32 heavy (non-hydrogen) atoms. The minimum Gasteiger partial charge on any atom is -0.353 e. The van der Waals surface area contributed by atoms with Gasteiger partial charge in [-0.05, 0) is 37.5 Å². The van der Waals surface area contributed by atoms with E-state index in [1.807, 2.05) is 24.0 Å². The molecular weight excluding hydrogens is 420 g/mol. The van der Waals surface area contributed by atoms with Gasteiger partial charge in [-0.1, -0.05) is 63.3 Å². The Morgan fingerprint density at radius 2 is 1.66 bits per heavy atom. The van der Waals surface area contributed by atoms with Crippen molar-refractivity contribution in [1.29, 1.82) is 0 Å². The molecular formula is C26H37ClN4O. The minimum absolute atomic E-state index is 0.302. The molecule has 0 spiro atoms. The number of rotatable bonds is 10. The summed E-state index contributed by atoms with van der Waals surface area (Å²) in [5.74, 6) is 2.13. The zero-order valence-electron chi connectivity index (χ0n) is 19.9. The summed E-state index contributed by atoms with van der Waals surface area (Å²) in [6.45, 7) is 9.48. The highest BCUT2D eigenvalue weighted by atomic mass is 35.5. The number of carbonyl (C=O) groups is 1. The third-order valence-electron chi connectivity index (χ3n) is 6.24. The number of nitrogens with zero attached hydrogens (tertiary/aromatic N) is 4. The van der Waals surface area contributed by atoms with Crippen molar-refractivity contribution in [1.82, 2.24) is 14.9 Å². The van der Waals surface area contributed by atoms with Gasteiger partial charge in [-0.15, -0.1) is 0 Å². The van der Waals surface area contributed by atoms with Gasteiger partial charge in [0.05, 0.1) is 0 Å². The van der Waals surface area contributed by atoms with Crippen LogP contribution in [0.5, 0.6) is 0 Å². The fraction of sp³-hybridized carbons (Fsp3) is 0.577. The maximum Gasteiger partial charge on any atom is 0.222 e. The van der Waals surface area contributed by atoms with E-state index < -0.39 is 0 Å². The molecule has 6 heteroatoms. The molecule has 2 heterocycles. The van der Waals surface area contributed by atoms with Crippen LogP contribution in [-0.4, -0.2) is 47.0 Å². The van der Waals surface area contributed by atoms with E-state index in [-0.39, 0.29) is 0 Å². The molecule has 1 aromatic heterocycles. The Balaban J connectivity index is 1.67. The predicted octanol–water partition coefficient (Wildman–Crippen LogP) is 5.60. The Hall–Kier alpha value is -2.14. The number of carbonyl (C=O) groups excluding carboxylic acids is 1. The molecule has 1 saturated heterocycles. The fourth-order valence-electron chi connectivity index (χ4n) is 4.38. The maximum absolute atomic E-state index is 12.6. The molecule has 3 rings (SSSR count). The first-order valence-electron chi connectivity index (χ1n) is 12.1. The van der Waals surface area contributed by atoms with Crippen LogP contribution < -0.4 is 4.90 Å². The van der Waals surface area contributed by atoms with Gasteiger partial charge in [0.2, 0.25) is 5.91 Å². The lowest BCUT2D eigenvalue weighted by atomic mass is 10.0. The second-order valence-electron chi connectivity index (χ2n) is 8.71. The first kappa shape index (κ1) is 24.5. The van der Waals surface area contributed by atoms with Crippen molar-refractivity contribution in [2.24, 2.45) is 0 Å². The average Bonchev–Trinajstić information content (AvgIpc) is 2.81. The van der Waals surface area contributed by atoms with Crippen molar-refractivity contribution in [3.8, 4) is 0 Å². The van der Waals surface area contributed by atoms with Crippen LogP contribution in [0.2, 0.25) is 5.02 Å². The number of aromatic nitrogens is 2. The van der Waals surface area contributed by atoms with Crippen molar-refractivity contribution < 1.29 is 4.79 Å². The van der Waals surface area contributed by atoms with Crippen LogP contribution >= 0.6 is 11.6 Å². The van der Waals surface area contributed by atoms with E-state index in [9.17, 15) is 4.79 Å². The SMILES string of the molecule is CCCCCCCC(=O)N1CCN(c2nc(C)nc(CC)c2Cc2ccc(Cl)cc2)CC1. The number of aryl methyl sites for hydroxylation is 2. The number of hydrogen-bond donors (Lipinski definition) is 0. The molecule has 0 saturated carbocycles. The largest absolute Gasteiger partial charge is 0.353 e. The minimum atomic E-state index is 0.302. The van der Waals surface area contributed by atoms with Crippen LogP contribution in [0.25, 0.3) is 0 Å². The zero-order valence-corrected chi connectivity index (χ0v) is 20.6. The zero-order chi connectivity index (χ0) is 22.9. The summed E-state index contributed by atoms with van der Waals surface area (Å²) < 4.78 is 0. The lowest BCUT2D eigenvalue weighted by Crippen LogP contribution is -2.49. The third kappa shape index (κ3) is 6.68. The smallest absolute Gasteiger partial charge is 0.222 e. The van der Waals surface area contributed by atoms with E-state index in [1.54, 1.807) is 0 Å². The molecule has 174 valence electrons. The van der Waals surface area contributed by atoms with Crippen LogP contribution in [-0.2, 0) is 17.6 Å². The Kier molecular flexibility index (Phi) is 9.34.